The van der Waals surface area contributed by atoms with Gasteiger partial charge in [0.25, 0.3) is 5.91 Å². The van der Waals surface area contributed by atoms with E-state index in [2.05, 4.69) is 5.32 Å². The van der Waals surface area contributed by atoms with Crippen molar-refractivity contribution in [3.05, 3.63) is 53.3 Å². The van der Waals surface area contributed by atoms with E-state index in [0.717, 1.165) is 5.56 Å². The van der Waals surface area contributed by atoms with Crippen molar-refractivity contribution in [3.8, 4) is 5.75 Å². The van der Waals surface area contributed by atoms with Crippen molar-refractivity contribution < 1.29 is 13.9 Å². The first-order chi connectivity index (χ1) is 9.51. The smallest absolute Gasteiger partial charge is 0.255 e. The Morgan fingerprint density at radius 3 is 2.70 bits per heavy atom. The molecule has 0 saturated carbocycles. The fourth-order valence-electron chi connectivity index (χ4n) is 1.77. The molecule has 0 saturated heterocycles. The second-order valence-electron chi connectivity index (χ2n) is 4.39. The van der Waals surface area contributed by atoms with Crippen LogP contribution in [0, 0.1) is 12.7 Å². The van der Waals surface area contributed by atoms with E-state index in [1.807, 2.05) is 13.0 Å². The van der Waals surface area contributed by atoms with Gasteiger partial charge in [-0.2, -0.15) is 0 Å². The van der Waals surface area contributed by atoms with E-state index in [1.54, 1.807) is 12.1 Å². The zero-order valence-electron chi connectivity index (χ0n) is 11.2. The van der Waals surface area contributed by atoms with Gasteiger partial charge in [0.15, 0.2) is 11.6 Å². The van der Waals surface area contributed by atoms with Crippen molar-refractivity contribution in [2.24, 2.45) is 0 Å². The Morgan fingerprint density at radius 2 is 2.00 bits per heavy atom. The lowest BCUT2D eigenvalue weighted by Crippen LogP contribution is -2.13. The second-order valence-corrected chi connectivity index (χ2v) is 4.39. The van der Waals surface area contributed by atoms with Crippen LogP contribution in [0.5, 0.6) is 5.75 Å². The maximum atomic E-state index is 13.3. The maximum absolute atomic E-state index is 13.3. The molecule has 0 heterocycles. The average molecular weight is 274 g/mol. The Labute approximate surface area is 116 Å². The van der Waals surface area contributed by atoms with Crippen LogP contribution >= 0.6 is 0 Å². The Hall–Kier alpha value is -2.56. The van der Waals surface area contributed by atoms with Crippen LogP contribution in [0.1, 0.15) is 15.9 Å². The number of ether oxygens (including phenoxy) is 1. The highest BCUT2D eigenvalue weighted by Gasteiger charge is 2.11. The van der Waals surface area contributed by atoms with Crippen molar-refractivity contribution in [1.82, 2.24) is 0 Å². The van der Waals surface area contributed by atoms with Gasteiger partial charge in [-0.15, -0.1) is 0 Å². The molecule has 0 radical (unpaired) electrons. The minimum atomic E-state index is -0.515. The minimum absolute atomic E-state index is 0.0230. The van der Waals surface area contributed by atoms with E-state index in [9.17, 15) is 9.18 Å². The molecule has 2 aromatic carbocycles. The number of halogens is 1. The summed E-state index contributed by atoms with van der Waals surface area (Å²) in [5.74, 6) is -0.866. The summed E-state index contributed by atoms with van der Waals surface area (Å²) >= 11 is 0. The summed E-state index contributed by atoms with van der Waals surface area (Å²) in [6, 6.07) is 9.26. The normalized spacial score (nSPS) is 10.2. The van der Waals surface area contributed by atoms with Gasteiger partial charge in [-0.05, 0) is 42.8 Å². The van der Waals surface area contributed by atoms with Crippen LogP contribution in [-0.2, 0) is 0 Å². The number of amides is 1. The van der Waals surface area contributed by atoms with E-state index in [1.165, 1.54) is 25.3 Å². The fraction of sp³-hybridized carbons (Fsp3) is 0.133. The molecule has 0 unspecified atom stereocenters. The van der Waals surface area contributed by atoms with Crippen LogP contribution in [0.2, 0.25) is 0 Å². The highest BCUT2D eigenvalue weighted by Crippen LogP contribution is 2.22. The number of hydrogen-bond donors (Lipinski definition) is 2. The number of aryl methyl sites for hydroxylation is 1. The molecule has 0 bridgehead atoms. The van der Waals surface area contributed by atoms with Gasteiger partial charge in [0.1, 0.15) is 0 Å². The summed E-state index contributed by atoms with van der Waals surface area (Å²) in [4.78, 5) is 12.1. The standard InChI is InChI=1S/C15H15FN2O2/c1-9-3-6-12(17)13(7-9)18-15(19)10-4-5-11(16)14(8-10)20-2/h3-8H,17H2,1-2H3,(H,18,19). The molecule has 0 aliphatic rings. The topological polar surface area (TPSA) is 64.3 Å². The number of hydrogen-bond acceptors (Lipinski definition) is 3. The second kappa shape index (κ2) is 5.61. The zero-order valence-corrected chi connectivity index (χ0v) is 11.2. The first kappa shape index (κ1) is 13.9. The Morgan fingerprint density at radius 1 is 1.25 bits per heavy atom. The molecule has 1 amide bonds. The van der Waals surface area contributed by atoms with Crippen LogP contribution in [0.3, 0.4) is 0 Å². The zero-order chi connectivity index (χ0) is 14.7. The van der Waals surface area contributed by atoms with Crippen molar-refractivity contribution in [1.29, 1.82) is 0 Å². The molecule has 0 fully saturated rings. The van der Waals surface area contributed by atoms with E-state index < -0.39 is 5.82 Å². The molecule has 2 rings (SSSR count). The van der Waals surface area contributed by atoms with Gasteiger partial charge in [0.2, 0.25) is 0 Å². The monoisotopic (exact) mass is 274 g/mol. The summed E-state index contributed by atoms with van der Waals surface area (Å²) in [5, 5.41) is 2.70. The predicted molar refractivity (Wildman–Crippen MR) is 76.5 cm³/mol. The van der Waals surface area contributed by atoms with Gasteiger partial charge in [0, 0.05) is 5.56 Å². The lowest BCUT2D eigenvalue weighted by molar-refractivity contribution is 0.102. The molecule has 20 heavy (non-hydrogen) atoms. The van der Waals surface area contributed by atoms with Crippen LogP contribution in [-0.4, -0.2) is 13.0 Å². The third-order valence-corrected chi connectivity index (χ3v) is 2.87. The molecule has 2 aromatic rings. The van der Waals surface area contributed by atoms with E-state index in [0.29, 0.717) is 16.9 Å². The first-order valence-electron chi connectivity index (χ1n) is 6.02. The molecule has 0 spiro atoms. The third-order valence-electron chi connectivity index (χ3n) is 2.87. The van der Waals surface area contributed by atoms with Gasteiger partial charge in [-0.1, -0.05) is 6.07 Å². The van der Waals surface area contributed by atoms with Crippen molar-refractivity contribution in [3.63, 3.8) is 0 Å². The summed E-state index contributed by atoms with van der Waals surface area (Å²) in [6.07, 6.45) is 0. The molecular formula is C15H15FN2O2. The van der Waals surface area contributed by atoms with Gasteiger partial charge in [-0.3, -0.25) is 4.79 Å². The summed E-state index contributed by atoms with van der Waals surface area (Å²) in [7, 11) is 1.35. The Bertz CT molecular complexity index is 656. The van der Waals surface area contributed by atoms with E-state index in [-0.39, 0.29) is 11.7 Å². The molecule has 3 N–H and O–H groups in total. The molecule has 0 aromatic heterocycles. The Kier molecular flexibility index (Phi) is 3.89. The lowest BCUT2D eigenvalue weighted by atomic mass is 10.1. The lowest BCUT2D eigenvalue weighted by Gasteiger charge is -2.10. The maximum Gasteiger partial charge on any atom is 0.255 e. The van der Waals surface area contributed by atoms with E-state index in [4.69, 9.17) is 10.5 Å². The van der Waals surface area contributed by atoms with Crippen LogP contribution in [0.15, 0.2) is 36.4 Å². The molecular weight excluding hydrogens is 259 g/mol. The molecule has 104 valence electrons. The van der Waals surface area contributed by atoms with Gasteiger partial charge in [-0.25, -0.2) is 4.39 Å². The molecule has 4 nitrogen and oxygen atoms in total. The third kappa shape index (κ3) is 2.88. The van der Waals surface area contributed by atoms with Gasteiger partial charge < -0.3 is 15.8 Å². The van der Waals surface area contributed by atoms with Crippen molar-refractivity contribution >= 4 is 17.3 Å². The number of nitrogens with one attached hydrogen (secondary N) is 1. The summed E-state index contributed by atoms with van der Waals surface area (Å²) in [6.45, 7) is 1.90. The quantitative estimate of drug-likeness (QED) is 0.846. The van der Waals surface area contributed by atoms with Gasteiger partial charge in [0.05, 0.1) is 18.5 Å². The molecule has 0 aliphatic carbocycles. The summed E-state index contributed by atoms with van der Waals surface area (Å²) < 4.78 is 18.1. The highest BCUT2D eigenvalue weighted by molar-refractivity contribution is 6.06. The fourth-order valence-corrected chi connectivity index (χ4v) is 1.77. The predicted octanol–water partition coefficient (Wildman–Crippen LogP) is 2.98. The van der Waals surface area contributed by atoms with Crippen LogP contribution in [0.25, 0.3) is 0 Å². The van der Waals surface area contributed by atoms with Crippen molar-refractivity contribution in [2.45, 2.75) is 6.92 Å². The van der Waals surface area contributed by atoms with Crippen LogP contribution in [0.4, 0.5) is 15.8 Å². The number of rotatable bonds is 3. The number of benzene rings is 2. The Balaban J connectivity index is 2.26. The minimum Gasteiger partial charge on any atom is -0.494 e. The number of nitrogen functional groups attached to an aromatic ring is 1. The highest BCUT2D eigenvalue weighted by atomic mass is 19.1. The number of methoxy groups -OCH3 is 1. The average Bonchev–Trinajstić information content (AvgIpc) is 2.43. The van der Waals surface area contributed by atoms with Crippen molar-refractivity contribution in [2.75, 3.05) is 18.2 Å². The first-order valence-corrected chi connectivity index (χ1v) is 6.02. The summed E-state index contributed by atoms with van der Waals surface area (Å²) in [5.41, 5.74) is 8.07. The SMILES string of the molecule is COc1cc(C(=O)Nc2cc(C)ccc2N)ccc1F. The largest absolute Gasteiger partial charge is 0.494 e. The molecule has 0 atom stereocenters. The molecule has 0 aliphatic heterocycles. The molecule has 5 heteroatoms. The van der Waals surface area contributed by atoms with Gasteiger partial charge >= 0.3 is 0 Å². The van der Waals surface area contributed by atoms with E-state index >= 15 is 0 Å². The number of nitrogens with two attached hydrogens (primary N) is 1. The number of carbonyl (C=O) groups excluding carboxylic acids is 1. The number of carbonyl (C=O) groups is 1. The number of anilines is 2. The van der Waals surface area contributed by atoms with Crippen LogP contribution < -0.4 is 15.8 Å².